The maximum atomic E-state index is 11.2. The summed E-state index contributed by atoms with van der Waals surface area (Å²) in [6.07, 6.45) is 0.753. The topological polar surface area (TPSA) is 78.7 Å². The molecule has 0 spiro atoms. The molecule has 110 valence electrons. The summed E-state index contributed by atoms with van der Waals surface area (Å²) in [4.78, 5) is 21.3. The van der Waals surface area contributed by atoms with Crippen LogP contribution in [0.1, 0.15) is 38.4 Å². The summed E-state index contributed by atoms with van der Waals surface area (Å²) >= 11 is 0. The highest BCUT2D eigenvalue weighted by molar-refractivity contribution is 5.69. The van der Waals surface area contributed by atoms with Crippen LogP contribution in [0.2, 0.25) is 0 Å². The number of rotatable bonds is 8. The van der Waals surface area contributed by atoms with Crippen LogP contribution in [0.25, 0.3) is 0 Å². The number of carbonyl (C=O) groups excluding carboxylic acids is 1. The minimum atomic E-state index is -0.438. The second kappa shape index (κ2) is 8.27. The van der Waals surface area contributed by atoms with Crippen LogP contribution in [0, 0.1) is 10.1 Å². The van der Waals surface area contributed by atoms with E-state index in [4.69, 9.17) is 9.47 Å². The molecule has 0 bridgehead atoms. The molecule has 1 aromatic carbocycles. The first-order valence-electron chi connectivity index (χ1n) is 6.60. The summed E-state index contributed by atoms with van der Waals surface area (Å²) in [6.45, 7) is 4.34. The molecule has 6 heteroatoms. The van der Waals surface area contributed by atoms with E-state index in [1.54, 1.807) is 19.1 Å². The number of carbonyl (C=O) groups is 1. The first-order chi connectivity index (χ1) is 9.58. The fraction of sp³-hybridized carbons (Fsp3) is 0.500. The van der Waals surface area contributed by atoms with E-state index in [1.165, 1.54) is 12.1 Å². The monoisotopic (exact) mass is 281 g/mol. The van der Waals surface area contributed by atoms with Gasteiger partial charge in [0.25, 0.3) is 5.69 Å². The molecule has 20 heavy (non-hydrogen) atoms. The molecule has 0 saturated heterocycles. The number of hydrogen-bond donors (Lipinski definition) is 0. The number of non-ortho nitro benzene ring substituents is 1. The molecule has 1 rings (SSSR count). The van der Waals surface area contributed by atoms with Crippen LogP contribution in [0.5, 0.6) is 0 Å². The van der Waals surface area contributed by atoms with Gasteiger partial charge in [0.15, 0.2) is 0 Å². The molecule has 1 unspecified atom stereocenters. The Morgan fingerprint density at radius 3 is 2.45 bits per heavy atom. The van der Waals surface area contributed by atoms with Crippen molar-refractivity contribution in [2.24, 2.45) is 0 Å². The maximum absolute atomic E-state index is 11.2. The highest BCUT2D eigenvalue weighted by atomic mass is 16.6. The van der Waals surface area contributed by atoms with Crippen molar-refractivity contribution in [2.75, 3.05) is 13.2 Å². The Hall–Kier alpha value is -1.95. The number of ether oxygens (including phenoxy) is 2. The van der Waals surface area contributed by atoms with Crippen LogP contribution in [-0.4, -0.2) is 24.1 Å². The fourth-order valence-electron chi connectivity index (χ4n) is 1.78. The first kappa shape index (κ1) is 16.1. The molecule has 0 aliphatic heterocycles. The number of nitro groups is 1. The molecule has 0 fully saturated rings. The van der Waals surface area contributed by atoms with Crippen LogP contribution in [-0.2, 0) is 14.3 Å². The van der Waals surface area contributed by atoms with Crippen molar-refractivity contribution in [3.63, 3.8) is 0 Å². The third-order valence-corrected chi connectivity index (χ3v) is 2.78. The zero-order valence-corrected chi connectivity index (χ0v) is 11.7. The minimum absolute atomic E-state index is 0.0510. The van der Waals surface area contributed by atoms with E-state index in [-0.39, 0.29) is 30.8 Å². The summed E-state index contributed by atoms with van der Waals surface area (Å²) in [5.74, 6) is -0.286. The van der Waals surface area contributed by atoms with E-state index in [1.807, 2.05) is 6.92 Å². The number of nitrogens with zero attached hydrogens (tertiary/aromatic N) is 1. The van der Waals surface area contributed by atoms with Crippen LogP contribution >= 0.6 is 0 Å². The van der Waals surface area contributed by atoms with Crippen LogP contribution < -0.4 is 0 Å². The van der Waals surface area contributed by atoms with Gasteiger partial charge < -0.3 is 9.47 Å². The van der Waals surface area contributed by atoms with Crippen LogP contribution in [0.4, 0.5) is 5.69 Å². The number of hydrogen-bond acceptors (Lipinski definition) is 5. The summed E-state index contributed by atoms with van der Waals surface area (Å²) in [6, 6.07) is 6.26. The Labute approximate surface area is 117 Å². The van der Waals surface area contributed by atoms with E-state index in [0.29, 0.717) is 6.61 Å². The van der Waals surface area contributed by atoms with Crippen molar-refractivity contribution >= 4 is 11.7 Å². The van der Waals surface area contributed by atoms with Gasteiger partial charge in [-0.2, -0.15) is 0 Å². The molecule has 1 atom stereocenters. The molecule has 0 aliphatic rings. The van der Waals surface area contributed by atoms with Crippen molar-refractivity contribution in [1.82, 2.24) is 0 Å². The van der Waals surface area contributed by atoms with E-state index in [2.05, 4.69) is 0 Å². The van der Waals surface area contributed by atoms with Gasteiger partial charge in [-0.1, -0.05) is 6.92 Å². The highest BCUT2D eigenvalue weighted by Gasteiger charge is 2.13. The maximum Gasteiger partial charge on any atom is 0.308 e. The zero-order chi connectivity index (χ0) is 15.0. The lowest BCUT2D eigenvalue weighted by molar-refractivity contribution is -0.384. The van der Waals surface area contributed by atoms with Crippen molar-refractivity contribution in [2.45, 2.75) is 32.8 Å². The summed E-state index contributed by atoms with van der Waals surface area (Å²) in [5, 5.41) is 10.6. The standard InChI is InChI=1S/C14H19NO5/c1-3-13(20-10-9-14(16)19-4-2)11-5-7-12(8-6-11)15(17)18/h5-8,13H,3-4,9-10H2,1-2H3. The van der Waals surface area contributed by atoms with E-state index in [0.717, 1.165) is 12.0 Å². The second-order valence-corrected chi connectivity index (χ2v) is 4.17. The van der Waals surface area contributed by atoms with Crippen molar-refractivity contribution < 1.29 is 19.2 Å². The lowest BCUT2D eigenvalue weighted by Gasteiger charge is -2.16. The van der Waals surface area contributed by atoms with Gasteiger partial charge >= 0.3 is 5.97 Å². The van der Waals surface area contributed by atoms with Gasteiger partial charge in [-0.15, -0.1) is 0 Å². The van der Waals surface area contributed by atoms with Crippen molar-refractivity contribution in [3.8, 4) is 0 Å². The molecular formula is C14H19NO5. The second-order valence-electron chi connectivity index (χ2n) is 4.17. The van der Waals surface area contributed by atoms with Gasteiger partial charge in [0, 0.05) is 12.1 Å². The van der Waals surface area contributed by atoms with E-state index >= 15 is 0 Å². The molecule has 0 heterocycles. The largest absolute Gasteiger partial charge is 0.466 e. The van der Waals surface area contributed by atoms with Gasteiger partial charge in [-0.05, 0) is 31.0 Å². The molecule has 0 radical (unpaired) electrons. The van der Waals surface area contributed by atoms with Gasteiger partial charge in [0.2, 0.25) is 0 Å². The molecule has 6 nitrogen and oxygen atoms in total. The predicted octanol–water partition coefficient (Wildman–Crippen LogP) is 3.02. The smallest absolute Gasteiger partial charge is 0.308 e. The molecule has 0 aromatic heterocycles. The van der Waals surface area contributed by atoms with Crippen molar-refractivity contribution in [3.05, 3.63) is 39.9 Å². The minimum Gasteiger partial charge on any atom is -0.466 e. The molecule has 0 amide bonds. The Morgan fingerprint density at radius 2 is 1.95 bits per heavy atom. The zero-order valence-electron chi connectivity index (χ0n) is 11.7. The summed E-state index contributed by atoms with van der Waals surface area (Å²) in [7, 11) is 0. The third-order valence-electron chi connectivity index (χ3n) is 2.78. The quantitative estimate of drug-likeness (QED) is 0.416. The number of nitro benzene ring substituents is 1. The average Bonchev–Trinajstić information content (AvgIpc) is 2.44. The van der Waals surface area contributed by atoms with E-state index < -0.39 is 4.92 Å². The fourth-order valence-corrected chi connectivity index (χ4v) is 1.78. The Kier molecular flexibility index (Phi) is 6.66. The molecule has 0 N–H and O–H groups in total. The Bertz CT molecular complexity index is 443. The van der Waals surface area contributed by atoms with Crippen molar-refractivity contribution in [1.29, 1.82) is 0 Å². The lowest BCUT2D eigenvalue weighted by Crippen LogP contribution is -2.11. The molecule has 0 saturated carbocycles. The SMILES string of the molecule is CCOC(=O)CCOC(CC)c1ccc([N+](=O)[O-])cc1. The van der Waals surface area contributed by atoms with Gasteiger partial charge in [-0.25, -0.2) is 0 Å². The Morgan fingerprint density at radius 1 is 1.30 bits per heavy atom. The normalized spacial score (nSPS) is 11.9. The number of esters is 1. The first-order valence-corrected chi connectivity index (χ1v) is 6.60. The summed E-state index contributed by atoms with van der Waals surface area (Å²) < 4.78 is 10.4. The summed E-state index contributed by atoms with van der Waals surface area (Å²) in [5.41, 5.74) is 0.914. The lowest BCUT2D eigenvalue weighted by atomic mass is 10.1. The molecular weight excluding hydrogens is 262 g/mol. The highest BCUT2D eigenvalue weighted by Crippen LogP contribution is 2.23. The number of benzene rings is 1. The van der Waals surface area contributed by atoms with E-state index in [9.17, 15) is 14.9 Å². The Balaban J connectivity index is 2.53. The van der Waals surface area contributed by atoms with Gasteiger partial charge in [-0.3, -0.25) is 14.9 Å². The van der Waals surface area contributed by atoms with Crippen LogP contribution in [0.3, 0.4) is 0 Å². The van der Waals surface area contributed by atoms with Gasteiger partial charge in [0.05, 0.1) is 30.7 Å². The van der Waals surface area contributed by atoms with Gasteiger partial charge in [0.1, 0.15) is 0 Å². The molecule has 1 aromatic rings. The third kappa shape index (κ3) is 4.97. The predicted molar refractivity (Wildman–Crippen MR) is 73.3 cm³/mol. The molecule has 0 aliphatic carbocycles. The van der Waals surface area contributed by atoms with Crippen LogP contribution in [0.15, 0.2) is 24.3 Å². The average molecular weight is 281 g/mol.